The van der Waals surface area contributed by atoms with Gasteiger partial charge in [-0.25, -0.2) is 0 Å². The molecule has 28 heavy (non-hydrogen) atoms. The minimum Gasteiger partial charge on any atom is -0.497 e. The lowest BCUT2D eigenvalue weighted by Crippen LogP contribution is -2.18. The summed E-state index contributed by atoms with van der Waals surface area (Å²) in [7, 11) is 1.59. The van der Waals surface area contributed by atoms with Crippen LogP contribution in [0.2, 0.25) is 0 Å². The molecule has 1 amide bonds. The van der Waals surface area contributed by atoms with Crippen LogP contribution in [0, 0.1) is 13.8 Å². The van der Waals surface area contributed by atoms with Gasteiger partial charge in [0.1, 0.15) is 18.1 Å². The quantitative estimate of drug-likeness (QED) is 0.683. The second kappa shape index (κ2) is 8.43. The Balaban J connectivity index is 1.70. The number of ether oxygens (including phenoxy) is 2. The second-order valence-electron chi connectivity index (χ2n) is 6.42. The summed E-state index contributed by atoms with van der Waals surface area (Å²) in [6, 6.07) is 14.3. The van der Waals surface area contributed by atoms with Gasteiger partial charge in [-0.3, -0.25) is 9.59 Å². The minimum atomic E-state index is -0.384. The zero-order chi connectivity index (χ0) is 20.1. The number of aromatic amines is 1. The van der Waals surface area contributed by atoms with E-state index in [1.807, 2.05) is 56.3 Å². The first-order valence-corrected chi connectivity index (χ1v) is 8.84. The van der Waals surface area contributed by atoms with Gasteiger partial charge in [0, 0.05) is 18.0 Å². The van der Waals surface area contributed by atoms with Gasteiger partial charge < -0.3 is 19.8 Å². The second-order valence-corrected chi connectivity index (χ2v) is 6.42. The molecule has 0 radical (unpaired) electrons. The molecular weight excluding hydrogens is 356 g/mol. The summed E-state index contributed by atoms with van der Waals surface area (Å²) in [6.07, 6.45) is 1.40. The normalized spacial score (nSPS) is 10.4. The SMILES string of the molecule is COc1cccc(COc2c[nH]c(C(=O)Nc3cccc(C)c3C)cc2=O)c1. The maximum absolute atomic E-state index is 12.5. The number of benzene rings is 2. The molecular formula is C22H22N2O4. The number of nitrogens with one attached hydrogen (secondary N) is 2. The number of carbonyl (C=O) groups is 1. The van der Waals surface area contributed by atoms with Gasteiger partial charge in [-0.1, -0.05) is 24.3 Å². The summed E-state index contributed by atoms with van der Waals surface area (Å²) < 4.78 is 10.7. The van der Waals surface area contributed by atoms with Gasteiger partial charge in [0.25, 0.3) is 5.91 Å². The maximum atomic E-state index is 12.5. The number of rotatable bonds is 6. The van der Waals surface area contributed by atoms with Crippen molar-refractivity contribution in [3.8, 4) is 11.5 Å². The molecule has 6 nitrogen and oxygen atoms in total. The molecule has 0 aliphatic rings. The number of hydrogen-bond acceptors (Lipinski definition) is 4. The topological polar surface area (TPSA) is 80.4 Å². The highest BCUT2D eigenvalue weighted by Gasteiger charge is 2.12. The van der Waals surface area contributed by atoms with Crippen LogP contribution in [-0.4, -0.2) is 18.0 Å². The first-order chi connectivity index (χ1) is 13.5. The highest BCUT2D eigenvalue weighted by atomic mass is 16.5. The Kier molecular flexibility index (Phi) is 5.79. The Labute approximate surface area is 163 Å². The molecule has 0 atom stereocenters. The summed E-state index contributed by atoms with van der Waals surface area (Å²) in [6.45, 7) is 4.12. The Morgan fingerprint density at radius 2 is 1.89 bits per heavy atom. The van der Waals surface area contributed by atoms with Crippen LogP contribution in [0.1, 0.15) is 27.2 Å². The first-order valence-electron chi connectivity index (χ1n) is 8.84. The fraction of sp³-hybridized carbons (Fsp3) is 0.182. The lowest BCUT2D eigenvalue weighted by molar-refractivity contribution is 0.102. The number of pyridine rings is 1. The van der Waals surface area contributed by atoms with Crippen LogP contribution < -0.4 is 20.2 Å². The van der Waals surface area contributed by atoms with Crippen LogP contribution >= 0.6 is 0 Å². The van der Waals surface area contributed by atoms with Crippen LogP contribution in [0.15, 0.2) is 59.5 Å². The van der Waals surface area contributed by atoms with Gasteiger partial charge in [0.05, 0.1) is 7.11 Å². The van der Waals surface area contributed by atoms with E-state index >= 15 is 0 Å². The number of amides is 1. The predicted octanol–water partition coefficient (Wildman–Crippen LogP) is 3.83. The van der Waals surface area contributed by atoms with E-state index in [0.29, 0.717) is 11.4 Å². The molecule has 1 aromatic heterocycles. The van der Waals surface area contributed by atoms with Crippen molar-refractivity contribution in [1.29, 1.82) is 0 Å². The van der Waals surface area contributed by atoms with E-state index in [9.17, 15) is 9.59 Å². The van der Waals surface area contributed by atoms with Crippen LogP contribution in [0.25, 0.3) is 0 Å². The third kappa shape index (κ3) is 4.40. The van der Waals surface area contributed by atoms with Crippen molar-refractivity contribution in [2.45, 2.75) is 20.5 Å². The summed E-state index contributed by atoms with van der Waals surface area (Å²) in [4.78, 5) is 27.6. The van der Waals surface area contributed by atoms with E-state index in [0.717, 1.165) is 16.7 Å². The average molecular weight is 378 g/mol. The largest absolute Gasteiger partial charge is 0.497 e. The van der Waals surface area contributed by atoms with Gasteiger partial charge in [0.2, 0.25) is 5.43 Å². The van der Waals surface area contributed by atoms with Crippen molar-refractivity contribution in [2.75, 3.05) is 12.4 Å². The van der Waals surface area contributed by atoms with Gasteiger partial charge in [-0.05, 0) is 48.7 Å². The van der Waals surface area contributed by atoms with Crippen LogP contribution in [0.4, 0.5) is 5.69 Å². The Morgan fingerprint density at radius 3 is 2.64 bits per heavy atom. The van der Waals surface area contributed by atoms with Crippen molar-refractivity contribution in [3.63, 3.8) is 0 Å². The van der Waals surface area contributed by atoms with Crippen LogP contribution in [0.3, 0.4) is 0 Å². The monoisotopic (exact) mass is 378 g/mol. The van der Waals surface area contributed by atoms with Crippen molar-refractivity contribution < 1.29 is 14.3 Å². The number of aromatic nitrogens is 1. The smallest absolute Gasteiger partial charge is 0.272 e. The van der Waals surface area contributed by atoms with Gasteiger partial charge in [-0.2, -0.15) is 0 Å². The van der Waals surface area contributed by atoms with E-state index in [4.69, 9.17) is 9.47 Å². The third-order valence-corrected chi connectivity index (χ3v) is 4.50. The molecule has 0 bridgehead atoms. The van der Waals surface area contributed by atoms with Gasteiger partial charge in [0.15, 0.2) is 5.75 Å². The molecule has 3 rings (SSSR count). The number of hydrogen-bond donors (Lipinski definition) is 2. The number of carbonyl (C=O) groups excluding carboxylic acids is 1. The highest BCUT2D eigenvalue weighted by molar-refractivity contribution is 6.03. The molecule has 0 saturated heterocycles. The number of methoxy groups -OCH3 is 1. The van der Waals surface area contributed by atoms with E-state index in [2.05, 4.69) is 10.3 Å². The summed E-state index contributed by atoms with van der Waals surface area (Å²) in [5, 5.41) is 2.82. The zero-order valence-electron chi connectivity index (χ0n) is 16.0. The summed E-state index contributed by atoms with van der Waals surface area (Å²) in [5.41, 5.74) is 3.44. The van der Waals surface area contributed by atoms with E-state index < -0.39 is 0 Å². The third-order valence-electron chi connectivity index (χ3n) is 4.50. The van der Waals surface area contributed by atoms with Crippen LogP contribution in [-0.2, 0) is 6.61 Å². The molecule has 0 aliphatic heterocycles. The molecule has 3 aromatic rings. The van der Waals surface area contributed by atoms with Gasteiger partial charge in [-0.15, -0.1) is 0 Å². The standard InChI is InChI=1S/C22H22N2O4/c1-14-6-4-9-18(15(14)2)24-22(26)19-11-20(25)21(12-23-19)28-13-16-7-5-8-17(10-16)27-3/h4-12H,13H2,1-3H3,(H,23,25)(H,24,26). The lowest BCUT2D eigenvalue weighted by atomic mass is 10.1. The lowest BCUT2D eigenvalue weighted by Gasteiger charge is -2.11. The Bertz CT molecular complexity index is 1060. The Morgan fingerprint density at radius 1 is 1.11 bits per heavy atom. The molecule has 0 fully saturated rings. The average Bonchev–Trinajstić information content (AvgIpc) is 2.70. The first kappa shape index (κ1) is 19.2. The zero-order valence-corrected chi connectivity index (χ0v) is 16.0. The molecule has 6 heteroatoms. The highest BCUT2D eigenvalue weighted by Crippen LogP contribution is 2.19. The van der Waals surface area contributed by atoms with E-state index in [1.54, 1.807) is 7.11 Å². The molecule has 0 unspecified atom stereocenters. The molecule has 0 aliphatic carbocycles. The summed E-state index contributed by atoms with van der Waals surface area (Å²) in [5.74, 6) is 0.477. The van der Waals surface area contributed by atoms with Crippen molar-refractivity contribution in [1.82, 2.24) is 4.98 Å². The summed E-state index contributed by atoms with van der Waals surface area (Å²) >= 11 is 0. The van der Waals surface area contributed by atoms with E-state index in [1.165, 1.54) is 12.3 Å². The fourth-order valence-corrected chi connectivity index (χ4v) is 2.70. The minimum absolute atomic E-state index is 0.145. The number of aryl methyl sites for hydroxylation is 1. The molecule has 0 saturated carbocycles. The Hall–Kier alpha value is -3.54. The molecule has 2 N–H and O–H groups in total. The van der Waals surface area contributed by atoms with E-state index in [-0.39, 0.29) is 29.4 Å². The van der Waals surface area contributed by atoms with Gasteiger partial charge >= 0.3 is 0 Å². The number of H-pyrrole nitrogens is 1. The van der Waals surface area contributed by atoms with Crippen LogP contribution in [0.5, 0.6) is 11.5 Å². The molecule has 0 spiro atoms. The molecule has 144 valence electrons. The number of anilines is 1. The fourth-order valence-electron chi connectivity index (χ4n) is 2.70. The van der Waals surface area contributed by atoms with Crippen molar-refractivity contribution >= 4 is 11.6 Å². The van der Waals surface area contributed by atoms with Crippen molar-refractivity contribution in [2.24, 2.45) is 0 Å². The maximum Gasteiger partial charge on any atom is 0.272 e. The molecule has 2 aromatic carbocycles. The molecule has 1 heterocycles. The predicted molar refractivity (Wildman–Crippen MR) is 108 cm³/mol. The van der Waals surface area contributed by atoms with Crippen molar-refractivity contribution in [3.05, 3.63) is 87.3 Å².